The summed E-state index contributed by atoms with van der Waals surface area (Å²) in [5.74, 6) is -0.590. The van der Waals surface area contributed by atoms with E-state index in [9.17, 15) is 9.59 Å². The van der Waals surface area contributed by atoms with E-state index in [4.69, 9.17) is 21.1 Å². The van der Waals surface area contributed by atoms with Gasteiger partial charge in [-0.3, -0.25) is 9.78 Å². The highest BCUT2D eigenvalue weighted by molar-refractivity contribution is 8.16. The Bertz CT molecular complexity index is 1200. The molecular formula is C26H27ClN4O4S. The topological polar surface area (TPSA) is 93.1 Å². The standard InChI is InChI=1S/C26H27ClN4O4S/c1-17-23(25(33)35-14-13-34-2)24(18-6-8-19(27)9-7-18)31-21(16-36-26(31)30-17)15-22(32)29-12-10-20-5-3-4-11-28-20/h3-9,11,16,24H,10,12-15H2,1-2H3,(H,29,32). The van der Waals surface area contributed by atoms with E-state index in [0.29, 0.717) is 41.0 Å². The third-order valence-corrected chi connectivity index (χ3v) is 6.84. The van der Waals surface area contributed by atoms with Gasteiger partial charge in [0.15, 0.2) is 5.17 Å². The highest BCUT2D eigenvalue weighted by atomic mass is 35.5. The average Bonchev–Trinajstić information content (AvgIpc) is 3.26. The minimum atomic E-state index is -0.507. The second-order valence-corrected chi connectivity index (χ2v) is 9.44. The molecule has 2 aliphatic rings. The van der Waals surface area contributed by atoms with E-state index in [2.05, 4.69) is 15.3 Å². The molecule has 0 radical (unpaired) electrons. The van der Waals surface area contributed by atoms with Gasteiger partial charge >= 0.3 is 5.97 Å². The van der Waals surface area contributed by atoms with Crippen molar-refractivity contribution in [1.82, 2.24) is 15.2 Å². The van der Waals surface area contributed by atoms with Crippen molar-refractivity contribution in [3.63, 3.8) is 0 Å². The lowest BCUT2D eigenvalue weighted by molar-refractivity contribution is -0.141. The summed E-state index contributed by atoms with van der Waals surface area (Å²) in [5.41, 5.74) is 3.50. The molecule has 0 saturated carbocycles. The first-order chi connectivity index (χ1) is 17.5. The maximum Gasteiger partial charge on any atom is 0.338 e. The van der Waals surface area contributed by atoms with Gasteiger partial charge in [0.25, 0.3) is 0 Å². The molecule has 3 heterocycles. The molecule has 1 amide bonds. The van der Waals surface area contributed by atoms with E-state index in [1.807, 2.05) is 40.6 Å². The number of thioether (sulfide) groups is 1. The number of carbonyl (C=O) groups is 2. The number of ether oxygens (including phenoxy) is 2. The van der Waals surface area contributed by atoms with Crippen LogP contribution in [0.25, 0.3) is 0 Å². The Morgan fingerprint density at radius 3 is 2.69 bits per heavy atom. The van der Waals surface area contributed by atoms with E-state index in [-0.39, 0.29) is 18.9 Å². The van der Waals surface area contributed by atoms with Crippen molar-refractivity contribution in [2.45, 2.75) is 25.8 Å². The summed E-state index contributed by atoms with van der Waals surface area (Å²) in [6, 6.07) is 12.5. The van der Waals surface area contributed by atoms with Crippen molar-refractivity contribution in [3.8, 4) is 0 Å². The van der Waals surface area contributed by atoms with Crippen LogP contribution < -0.4 is 5.32 Å². The van der Waals surface area contributed by atoms with Crippen molar-refractivity contribution < 1.29 is 19.1 Å². The van der Waals surface area contributed by atoms with Crippen LogP contribution in [0.2, 0.25) is 5.02 Å². The minimum absolute atomic E-state index is 0.121. The van der Waals surface area contributed by atoms with E-state index in [1.165, 1.54) is 11.8 Å². The van der Waals surface area contributed by atoms with Gasteiger partial charge < -0.3 is 19.7 Å². The van der Waals surface area contributed by atoms with E-state index < -0.39 is 12.0 Å². The van der Waals surface area contributed by atoms with E-state index in [1.54, 1.807) is 32.4 Å². The van der Waals surface area contributed by atoms with Crippen molar-refractivity contribution in [3.05, 3.63) is 87.3 Å². The second kappa shape index (κ2) is 12.2. The number of benzene rings is 1. The zero-order chi connectivity index (χ0) is 25.5. The van der Waals surface area contributed by atoms with Gasteiger partial charge in [-0.05, 0) is 42.2 Å². The van der Waals surface area contributed by atoms with Gasteiger partial charge in [-0.15, -0.1) is 0 Å². The number of nitrogens with zero attached hydrogens (tertiary/aromatic N) is 3. The van der Waals surface area contributed by atoms with Crippen LogP contribution in [0.5, 0.6) is 0 Å². The Morgan fingerprint density at radius 2 is 1.97 bits per heavy atom. The number of fused-ring (bicyclic) bond motifs is 1. The molecule has 0 bridgehead atoms. The summed E-state index contributed by atoms with van der Waals surface area (Å²) >= 11 is 7.57. The van der Waals surface area contributed by atoms with Crippen LogP contribution in [0, 0.1) is 0 Å². The SMILES string of the molecule is COCCOC(=O)C1=C(C)N=C2SC=C(CC(=O)NCCc3ccccn3)N2C1c1ccc(Cl)cc1. The molecule has 2 aromatic rings. The van der Waals surface area contributed by atoms with Crippen LogP contribution in [-0.4, -0.2) is 53.8 Å². The number of esters is 1. The number of allylic oxidation sites excluding steroid dienone is 1. The molecule has 4 rings (SSSR count). The van der Waals surface area contributed by atoms with E-state index >= 15 is 0 Å². The molecule has 1 unspecified atom stereocenters. The zero-order valence-corrected chi connectivity index (χ0v) is 21.6. The molecule has 1 N–H and O–H groups in total. The molecule has 188 valence electrons. The molecule has 0 aliphatic carbocycles. The predicted octanol–water partition coefficient (Wildman–Crippen LogP) is 4.25. The molecule has 8 nitrogen and oxygen atoms in total. The maximum atomic E-state index is 13.2. The lowest BCUT2D eigenvalue weighted by Gasteiger charge is -2.36. The summed E-state index contributed by atoms with van der Waals surface area (Å²) in [4.78, 5) is 36.9. The van der Waals surface area contributed by atoms with Gasteiger partial charge in [0.1, 0.15) is 6.61 Å². The fraction of sp³-hybridized carbons (Fsp3) is 0.308. The number of amidine groups is 1. The lowest BCUT2D eigenvalue weighted by atomic mass is 9.94. The summed E-state index contributed by atoms with van der Waals surface area (Å²) < 4.78 is 10.5. The first-order valence-electron chi connectivity index (χ1n) is 11.5. The zero-order valence-electron chi connectivity index (χ0n) is 20.1. The van der Waals surface area contributed by atoms with Crippen molar-refractivity contribution in [1.29, 1.82) is 0 Å². The molecule has 2 aliphatic heterocycles. The van der Waals surface area contributed by atoms with Crippen molar-refractivity contribution in [2.75, 3.05) is 26.9 Å². The van der Waals surface area contributed by atoms with Crippen LogP contribution in [-0.2, 0) is 25.5 Å². The smallest absolute Gasteiger partial charge is 0.338 e. The van der Waals surface area contributed by atoms with Crippen molar-refractivity contribution >= 4 is 40.4 Å². The number of pyridine rings is 1. The van der Waals surface area contributed by atoms with Crippen LogP contribution >= 0.6 is 23.4 Å². The summed E-state index contributed by atoms with van der Waals surface area (Å²) in [6.45, 7) is 2.70. The Balaban J connectivity index is 1.53. The molecule has 10 heteroatoms. The summed E-state index contributed by atoms with van der Waals surface area (Å²) in [7, 11) is 1.55. The number of carbonyl (C=O) groups excluding carboxylic acids is 2. The lowest BCUT2D eigenvalue weighted by Crippen LogP contribution is -2.38. The highest BCUT2D eigenvalue weighted by Crippen LogP contribution is 2.44. The van der Waals surface area contributed by atoms with Crippen LogP contribution in [0.4, 0.5) is 0 Å². The van der Waals surface area contributed by atoms with Crippen molar-refractivity contribution in [2.24, 2.45) is 4.99 Å². The predicted molar refractivity (Wildman–Crippen MR) is 140 cm³/mol. The molecule has 0 spiro atoms. The van der Waals surface area contributed by atoms with Crippen LogP contribution in [0.3, 0.4) is 0 Å². The quantitative estimate of drug-likeness (QED) is 0.365. The second-order valence-electron chi connectivity index (χ2n) is 8.17. The maximum absolute atomic E-state index is 13.2. The molecule has 1 atom stereocenters. The Kier molecular flexibility index (Phi) is 8.79. The summed E-state index contributed by atoms with van der Waals surface area (Å²) in [6.07, 6.45) is 2.52. The highest BCUT2D eigenvalue weighted by Gasteiger charge is 2.41. The van der Waals surface area contributed by atoms with Gasteiger partial charge in [0.05, 0.1) is 30.3 Å². The van der Waals surface area contributed by atoms with Gasteiger partial charge in [-0.2, -0.15) is 0 Å². The monoisotopic (exact) mass is 526 g/mol. The van der Waals surface area contributed by atoms with Crippen LogP contribution in [0.15, 0.2) is 76.0 Å². The molecule has 36 heavy (non-hydrogen) atoms. The molecule has 0 saturated heterocycles. The largest absolute Gasteiger partial charge is 0.460 e. The number of amides is 1. The number of hydrogen-bond donors (Lipinski definition) is 1. The number of hydrogen-bond acceptors (Lipinski definition) is 8. The van der Waals surface area contributed by atoms with Gasteiger partial charge in [0, 0.05) is 42.7 Å². The molecular weight excluding hydrogens is 500 g/mol. The Labute approximate surface area is 219 Å². The third kappa shape index (κ3) is 6.16. The number of aliphatic imine (C=N–C) groups is 1. The molecule has 1 aromatic heterocycles. The van der Waals surface area contributed by atoms with Crippen LogP contribution in [0.1, 0.15) is 30.6 Å². The fourth-order valence-corrected chi connectivity index (χ4v) is 5.08. The number of rotatable bonds is 10. The van der Waals surface area contributed by atoms with Gasteiger partial charge in [0.2, 0.25) is 5.91 Å². The third-order valence-electron chi connectivity index (χ3n) is 5.70. The average molecular weight is 527 g/mol. The Morgan fingerprint density at radius 1 is 1.17 bits per heavy atom. The molecule has 1 aromatic carbocycles. The summed E-state index contributed by atoms with van der Waals surface area (Å²) in [5, 5.41) is 6.17. The fourth-order valence-electron chi connectivity index (χ4n) is 3.99. The first-order valence-corrected chi connectivity index (χ1v) is 12.8. The normalized spacial score (nSPS) is 16.9. The van der Waals surface area contributed by atoms with E-state index in [0.717, 1.165) is 17.0 Å². The number of halogens is 1. The van der Waals surface area contributed by atoms with Gasteiger partial charge in [-0.1, -0.05) is 41.6 Å². The Hall–Kier alpha value is -3.14. The van der Waals surface area contributed by atoms with Gasteiger partial charge in [-0.25, -0.2) is 9.79 Å². The first kappa shape index (κ1) is 25.9. The number of methoxy groups -OCH3 is 1. The molecule has 0 fully saturated rings. The number of nitrogens with one attached hydrogen (secondary N) is 1. The number of aromatic nitrogens is 1. The minimum Gasteiger partial charge on any atom is -0.460 e.